The summed E-state index contributed by atoms with van der Waals surface area (Å²) in [5.41, 5.74) is -0.0217. The van der Waals surface area contributed by atoms with Gasteiger partial charge in [0.15, 0.2) is 9.84 Å². The molecule has 0 saturated carbocycles. The van der Waals surface area contributed by atoms with Crippen molar-refractivity contribution in [3.63, 3.8) is 0 Å². The fourth-order valence-corrected chi connectivity index (χ4v) is 4.53. The first-order valence-corrected chi connectivity index (χ1v) is 10.1. The highest BCUT2D eigenvalue weighted by Crippen LogP contribution is 2.26. The minimum Gasteiger partial charge on any atom is -0.444 e. The number of benzene rings is 1. The third-order valence-electron chi connectivity index (χ3n) is 4.04. The van der Waals surface area contributed by atoms with Gasteiger partial charge in [0.25, 0.3) is 0 Å². The Balaban J connectivity index is 2.01. The van der Waals surface area contributed by atoms with Gasteiger partial charge < -0.3 is 15.0 Å². The second kappa shape index (κ2) is 7.65. The number of likely N-dealkylation sites (tertiary alicyclic amines) is 1. The number of hydrogen-bond acceptors (Lipinski definition) is 5. The Hall–Kier alpha value is -2.09. The maximum absolute atomic E-state index is 12.8. The summed E-state index contributed by atoms with van der Waals surface area (Å²) in [6.07, 6.45) is 0.331. The molecule has 7 nitrogen and oxygen atoms in total. The lowest BCUT2D eigenvalue weighted by molar-refractivity contribution is -0.114. The maximum atomic E-state index is 12.8. The van der Waals surface area contributed by atoms with E-state index in [1.807, 2.05) is 0 Å². The second-order valence-corrected chi connectivity index (χ2v) is 9.65. The van der Waals surface area contributed by atoms with Gasteiger partial charge in [0.05, 0.1) is 10.1 Å². The molecule has 0 aromatic heterocycles. The molecule has 1 fully saturated rings. The van der Waals surface area contributed by atoms with E-state index in [4.69, 9.17) is 4.74 Å². The largest absolute Gasteiger partial charge is 0.444 e. The molecule has 8 heteroatoms. The van der Waals surface area contributed by atoms with Crippen molar-refractivity contribution in [2.75, 3.05) is 18.4 Å². The zero-order valence-corrected chi connectivity index (χ0v) is 16.4. The Morgan fingerprint density at radius 1 is 1.12 bits per heavy atom. The molecule has 0 atom stereocenters. The molecule has 144 valence electrons. The zero-order chi connectivity index (χ0) is 19.5. The van der Waals surface area contributed by atoms with E-state index < -0.39 is 26.8 Å². The van der Waals surface area contributed by atoms with Crippen molar-refractivity contribution in [2.24, 2.45) is 0 Å². The van der Waals surface area contributed by atoms with Crippen LogP contribution in [0.25, 0.3) is 0 Å². The molecule has 0 spiro atoms. The zero-order valence-electron chi connectivity index (χ0n) is 15.6. The first-order chi connectivity index (χ1) is 12.0. The van der Waals surface area contributed by atoms with E-state index in [9.17, 15) is 18.0 Å². The lowest BCUT2D eigenvalue weighted by Crippen LogP contribution is -2.44. The van der Waals surface area contributed by atoms with Crippen LogP contribution in [0.3, 0.4) is 0 Å². The van der Waals surface area contributed by atoms with Gasteiger partial charge in [0, 0.05) is 25.7 Å². The van der Waals surface area contributed by atoms with Gasteiger partial charge in [-0.05, 0) is 57.9 Å². The predicted molar refractivity (Wildman–Crippen MR) is 98.8 cm³/mol. The van der Waals surface area contributed by atoms with Gasteiger partial charge in [-0.3, -0.25) is 4.79 Å². The number of anilines is 1. The Bertz CT molecular complexity index is 758. The van der Waals surface area contributed by atoms with Crippen LogP contribution in [-0.2, 0) is 19.4 Å². The van der Waals surface area contributed by atoms with Gasteiger partial charge in [-0.2, -0.15) is 0 Å². The molecule has 1 saturated heterocycles. The van der Waals surface area contributed by atoms with E-state index in [0.717, 1.165) is 0 Å². The fourth-order valence-electron chi connectivity index (χ4n) is 2.80. The predicted octanol–water partition coefficient (Wildman–Crippen LogP) is 2.82. The van der Waals surface area contributed by atoms with Crippen molar-refractivity contribution in [1.82, 2.24) is 4.90 Å². The summed E-state index contributed by atoms with van der Waals surface area (Å²) in [4.78, 5) is 24.9. The third-order valence-corrected chi connectivity index (χ3v) is 6.31. The van der Waals surface area contributed by atoms with Crippen molar-refractivity contribution >= 4 is 27.5 Å². The van der Waals surface area contributed by atoms with Crippen molar-refractivity contribution in [2.45, 2.75) is 56.3 Å². The monoisotopic (exact) mass is 382 g/mol. The van der Waals surface area contributed by atoms with Crippen molar-refractivity contribution < 1.29 is 22.7 Å². The summed E-state index contributed by atoms with van der Waals surface area (Å²) in [5, 5.41) is 2.07. The molecule has 2 rings (SSSR count). The van der Waals surface area contributed by atoms with E-state index >= 15 is 0 Å². The Labute approximate surface area is 154 Å². The molecule has 0 bridgehead atoms. The highest BCUT2D eigenvalue weighted by molar-refractivity contribution is 7.92. The molecule has 1 N–H and O–H groups in total. The lowest BCUT2D eigenvalue weighted by atomic mass is 10.1. The summed E-state index contributed by atoms with van der Waals surface area (Å²) < 4.78 is 30.9. The van der Waals surface area contributed by atoms with Crippen molar-refractivity contribution in [3.05, 3.63) is 24.3 Å². The highest BCUT2D eigenvalue weighted by Gasteiger charge is 2.34. The van der Waals surface area contributed by atoms with Gasteiger partial charge in [0.1, 0.15) is 5.60 Å². The van der Waals surface area contributed by atoms with Crippen LogP contribution in [0.1, 0.15) is 40.5 Å². The standard InChI is InChI=1S/C18H26N2O5S/c1-13(21)19-14-5-7-15(8-6-14)26(23,24)16-9-11-20(12-10-16)17(22)25-18(2,3)4/h5-8,16H,9-12H2,1-4H3,(H,19,21). The first-order valence-electron chi connectivity index (χ1n) is 8.58. The highest BCUT2D eigenvalue weighted by atomic mass is 32.2. The van der Waals surface area contributed by atoms with Crippen molar-refractivity contribution in [1.29, 1.82) is 0 Å². The lowest BCUT2D eigenvalue weighted by Gasteiger charge is -2.33. The van der Waals surface area contributed by atoms with E-state index in [0.29, 0.717) is 31.6 Å². The molecule has 1 aromatic rings. The van der Waals surface area contributed by atoms with Gasteiger partial charge in [-0.1, -0.05) is 0 Å². The average molecular weight is 382 g/mol. The Morgan fingerprint density at radius 2 is 1.65 bits per heavy atom. The Morgan fingerprint density at radius 3 is 2.12 bits per heavy atom. The van der Waals surface area contributed by atoms with Crippen LogP contribution in [0.5, 0.6) is 0 Å². The molecule has 0 unspecified atom stereocenters. The van der Waals surface area contributed by atoms with E-state index in [1.54, 1.807) is 37.8 Å². The van der Waals surface area contributed by atoms with Crippen LogP contribution in [0.15, 0.2) is 29.2 Å². The van der Waals surface area contributed by atoms with Crippen LogP contribution in [0.2, 0.25) is 0 Å². The van der Waals surface area contributed by atoms with Crippen LogP contribution < -0.4 is 5.32 Å². The number of ether oxygens (including phenoxy) is 1. The minimum atomic E-state index is -3.48. The summed E-state index contributed by atoms with van der Waals surface area (Å²) in [6.45, 7) is 7.49. The van der Waals surface area contributed by atoms with Gasteiger partial charge >= 0.3 is 6.09 Å². The summed E-state index contributed by atoms with van der Waals surface area (Å²) in [6, 6.07) is 6.15. The van der Waals surface area contributed by atoms with E-state index in [-0.39, 0.29) is 10.8 Å². The number of piperidine rings is 1. The fraction of sp³-hybridized carbons (Fsp3) is 0.556. The SMILES string of the molecule is CC(=O)Nc1ccc(S(=O)(=O)C2CCN(C(=O)OC(C)(C)C)CC2)cc1. The number of amides is 2. The smallest absolute Gasteiger partial charge is 0.410 e. The average Bonchev–Trinajstić information content (AvgIpc) is 2.53. The molecule has 1 aliphatic heterocycles. The number of hydrogen-bond donors (Lipinski definition) is 1. The molecule has 26 heavy (non-hydrogen) atoms. The Kier molecular flexibility index (Phi) is 5.95. The molecule has 2 amide bonds. The van der Waals surface area contributed by atoms with Crippen LogP contribution >= 0.6 is 0 Å². The number of rotatable bonds is 3. The van der Waals surface area contributed by atoms with Gasteiger partial charge in [-0.25, -0.2) is 13.2 Å². The molecular formula is C18H26N2O5S. The molecule has 1 heterocycles. The normalized spacial score (nSPS) is 16.2. The number of nitrogens with zero attached hydrogens (tertiary/aromatic N) is 1. The van der Waals surface area contributed by atoms with Crippen molar-refractivity contribution in [3.8, 4) is 0 Å². The summed E-state index contributed by atoms with van der Waals surface area (Å²) in [5.74, 6) is -0.213. The van der Waals surface area contributed by atoms with Gasteiger partial charge in [0.2, 0.25) is 5.91 Å². The minimum absolute atomic E-state index is 0.213. The van der Waals surface area contributed by atoms with Crippen LogP contribution in [0, 0.1) is 0 Å². The van der Waals surface area contributed by atoms with E-state index in [1.165, 1.54) is 19.1 Å². The quantitative estimate of drug-likeness (QED) is 0.868. The summed E-state index contributed by atoms with van der Waals surface area (Å²) >= 11 is 0. The molecular weight excluding hydrogens is 356 g/mol. The van der Waals surface area contributed by atoms with Gasteiger partial charge in [-0.15, -0.1) is 0 Å². The van der Waals surface area contributed by atoms with Crippen LogP contribution in [0.4, 0.5) is 10.5 Å². The number of carbonyl (C=O) groups is 2. The molecule has 1 aliphatic rings. The second-order valence-electron chi connectivity index (χ2n) is 7.42. The topological polar surface area (TPSA) is 92.8 Å². The molecule has 0 radical (unpaired) electrons. The maximum Gasteiger partial charge on any atom is 0.410 e. The first kappa shape index (κ1) is 20.2. The molecule has 1 aromatic carbocycles. The third kappa shape index (κ3) is 5.20. The van der Waals surface area contributed by atoms with E-state index in [2.05, 4.69) is 5.32 Å². The summed E-state index contributed by atoms with van der Waals surface area (Å²) in [7, 11) is -3.48. The molecule has 0 aliphatic carbocycles. The number of nitrogens with one attached hydrogen (secondary N) is 1. The number of sulfone groups is 1. The number of carbonyl (C=O) groups excluding carboxylic acids is 2. The van der Waals surface area contributed by atoms with Crippen LogP contribution in [-0.4, -0.2) is 49.3 Å².